The topological polar surface area (TPSA) is 62.3 Å². The molecule has 0 saturated heterocycles. The number of unbranched alkanes of at least 4 members (excludes halogenated alkanes) is 2. The second kappa shape index (κ2) is 10.3. The van der Waals surface area contributed by atoms with Crippen molar-refractivity contribution in [3.8, 4) is 0 Å². The van der Waals surface area contributed by atoms with Crippen LogP contribution in [0, 0.1) is 5.92 Å². The molecule has 0 radical (unpaired) electrons. The summed E-state index contributed by atoms with van der Waals surface area (Å²) < 4.78 is 0. The van der Waals surface area contributed by atoms with E-state index in [9.17, 15) is 9.59 Å². The van der Waals surface area contributed by atoms with Crippen molar-refractivity contribution in [3.63, 3.8) is 0 Å². The summed E-state index contributed by atoms with van der Waals surface area (Å²) in [5, 5.41) is 5.12. The van der Waals surface area contributed by atoms with Crippen molar-refractivity contribution in [1.82, 2.24) is 9.88 Å². The number of hydrogen-bond donors (Lipinski definition) is 1. The van der Waals surface area contributed by atoms with Gasteiger partial charge in [-0.25, -0.2) is 4.98 Å². The fraction of sp³-hybridized carbons (Fsp3) is 0.688. The van der Waals surface area contributed by atoms with Gasteiger partial charge in [-0.1, -0.05) is 33.6 Å². The summed E-state index contributed by atoms with van der Waals surface area (Å²) in [6, 6.07) is 0. The Labute approximate surface area is 137 Å². The molecule has 0 aliphatic heterocycles. The van der Waals surface area contributed by atoms with Crippen molar-refractivity contribution in [2.24, 2.45) is 5.92 Å². The molecule has 2 amide bonds. The van der Waals surface area contributed by atoms with Gasteiger partial charge in [0.2, 0.25) is 11.8 Å². The number of rotatable bonds is 10. The Balaban J connectivity index is 2.52. The molecule has 0 unspecified atom stereocenters. The van der Waals surface area contributed by atoms with Gasteiger partial charge in [-0.2, -0.15) is 0 Å². The van der Waals surface area contributed by atoms with Gasteiger partial charge in [0.05, 0.1) is 6.54 Å². The Morgan fingerprint density at radius 2 is 2.14 bits per heavy atom. The van der Waals surface area contributed by atoms with Gasteiger partial charge in [-0.15, -0.1) is 11.3 Å². The molecule has 1 aromatic heterocycles. The van der Waals surface area contributed by atoms with Crippen LogP contribution in [0.5, 0.6) is 0 Å². The SMILES string of the molecule is CCCCCC(=O)N(CCC(C)C)CC(=O)Nc1nccs1. The molecule has 1 N–H and O–H groups in total. The van der Waals surface area contributed by atoms with Crippen molar-refractivity contribution in [2.75, 3.05) is 18.4 Å². The molecule has 0 fully saturated rings. The molecule has 22 heavy (non-hydrogen) atoms. The van der Waals surface area contributed by atoms with Crippen molar-refractivity contribution >= 4 is 28.3 Å². The molecular weight excluding hydrogens is 298 g/mol. The average molecular weight is 325 g/mol. The monoisotopic (exact) mass is 325 g/mol. The maximum atomic E-state index is 12.3. The summed E-state index contributed by atoms with van der Waals surface area (Å²) in [6.07, 6.45) is 6.10. The maximum Gasteiger partial charge on any atom is 0.245 e. The molecule has 0 aromatic carbocycles. The molecule has 124 valence electrons. The van der Waals surface area contributed by atoms with Crippen LogP contribution < -0.4 is 5.32 Å². The van der Waals surface area contributed by atoms with Gasteiger partial charge >= 0.3 is 0 Å². The van der Waals surface area contributed by atoms with E-state index < -0.39 is 0 Å². The molecule has 0 saturated carbocycles. The lowest BCUT2D eigenvalue weighted by molar-refractivity contribution is -0.135. The van der Waals surface area contributed by atoms with Gasteiger partial charge < -0.3 is 10.2 Å². The standard InChI is InChI=1S/C16H27N3O2S/c1-4-5-6-7-15(21)19(10-8-13(2)3)12-14(20)18-16-17-9-11-22-16/h9,11,13H,4-8,10,12H2,1-3H3,(H,17,18,20). The van der Waals surface area contributed by atoms with Crippen LogP contribution in [0.15, 0.2) is 11.6 Å². The first-order chi connectivity index (χ1) is 10.5. The molecular formula is C16H27N3O2S. The third-order valence-corrected chi connectivity index (χ3v) is 4.02. The Hall–Kier alpha value is -1.43. The number of thiazole rings is 1. The molecule has 1 aromatic rings. The number of anilines is 1. The minimum absolute atomic E-state index is 0.0726. The van der Waals surface area contributed by atoms with Crippen LogP contribution in [0.25, 0.3) is 0 Å². The number of hydrogen-bond acceptors (Lipinski definition) is 4. The first-order valence-corrected chi connectivity index (χ1v) is 8.88. The number of amides is 2. The molecule has 0 aliphatic carbocycles. The zero-order chi connectivity index (χ0) is 16.4. The van der Waals surface area contributed by atoms with E-state index in [1.807, 2.05) is 5.38 Å². The van der Waals surface area contributed by atoms with E-state index in [2.05, 4.69) is 31.1 Å². The highest BCUT2D eigenvalue weighted by atomic mass is 32.1. The number of carbonyl (C=O) groups excluding carboxylic acids is 2. The largest absolute Gasteiger partial charge is 0.333 e. The van der Waals surface area contributed by atoms with Crippen LogP contribution >= 0.6 is 11.3 Å². The zero-order valence-electron chi connectivity index (χ0n) is 13.8. The highest BCUT2D eigenvalue weighted by Crippen LogP contribution is 2.11. The van der Waals surface area contributed by atoms with Crippen LogP contribution in [0.3, 0.4) is 0 Å². The first-order valence-electron chi connectivity index (χ1n) is 8.00. The number of nitrogens with one attached hydrogen (secondary N) is 1. The Morgan fingerprint density at radius 3 is 2.73 bits per heavy atom. The highest BCUT2D eigenvalue weighted by Gasteiger charge is 2.17. The fourth-order valence-electron chi connectivity index (χ4n) is 2.01. The zero-order valence-corrected chi connectivity index (χ0v) is 14.6. The molecule has 5 nitrogen and oxygen atoms in total. The van der Waals surface area contributed by atoms with E-state index in [0.29, 0.717) is 24.0 Å². The summed E-state index contributed by atoms with van der Waals surface area (Å²) in [5.74, 6) is 0.402. The molecule has 6 heteroatoms. The van der Waals surface area contributed by atoms with E-state index in [0.717, 1.165) is 25.7 Å². The minimum atomic E-state index is -0.178. The third kappa shape index (κ3) is 7.54. The average Bonchev–Trinajstić information content (AvgIpc) is 2.96. The predicted molar refractivity (Wildman–Crippen MR) is 90.9 cm³/mol. The Kier molecular flexibility index (Phi) is 8.74. The maximum absolute atomic E-state index is 12.3. The lowest BCUT2D eigenvalue weighted by atomic mass is 10.1. The van der Waals surface area contributed by atoms with Crippen molar-refractivity contribution in [1.29, 1.82) is 0 Å². The lowest BCUT2D eigenvalue weighted by Gasteiger charge is -2.23. The quantitative estimate of drug-likeness (QED) is 0.669. The van der Waals surface area contributed by atoms with E-state index in [-0.39, 0.29) is 18.4 Å². The minimum Gasteiger partial charge on any atom is -0.333 e. The van der Waals surface area contributed by atoms with Gasteiger partial charge in [0, 0.05) is 24.5 Å². The summed E-state index contributed by atoms with van der Waals surface area (Å²) >= 11 is 1.38. The molecule has 1 heterocycles. The number of carbonyl (C=O) groups is 2. The second-order valence-electron chi connectivity index (χ2n) is 5.84. The smallest absolute Gasteiger partial charge is 0.245 e. The van der Waals surface area contributed by atoms with Crippen molar-refractivity contribution < 1.29 is 9.59 Å². The van der Waals surface area contributed by atoms with Gasteiger partial charge in [-0.05, 0) is 18.8 Å². The van der Waals surface area contributed by atoms with Crippen LogP contribution in [0.2, 0.25) is 0 Å². The van der Waals surface area contributed by atoms with Crippen LogP contribution in [-0.4, -0.2) is 34.8 Å². The lowest BCUT2D eigenvalue weighted by Crippen LogP contribution is -2.39. The second-order valence-corrected chi connectivity index (χ2v) is 6.73. The van der Waals surface area contributed by atoms with E-state index >= 15 is 0 Å². The Bertz CT molecular complexity index is 446. The fourth-order valence-corrected chi connectivity index (χ4v) is 2.55. The summed E-state index contributed by atoms with van der Waals surface area (Å²) in [7, 11) is 0. The first kappa shape index (κ1) is 18.6. The summed E-state index contributed by atoms with van der Waals surface area (Å²) in [6.45, 7) is 7.10. The number of aromatic nitrogens is 1. The van der Waals surface area contributed by atoms with E-state index in [1.54, 1.807) is 11.1 Å². The molecule has 0 spiro atoms. The van der Waals surface area contributed by atoms with Crippen LogP contribution in [0.1, 0.15) is 52.9 Å². The Morgan fingerprint density at radius 1 is 1.36 bits per heavy atom. The van der Waals surface area contributed by atoms with Gasteiger partial charge in [0.25, 0.3) is 0 Å². The van der Waals surface area contributed by atoms with Gasteiger partial charge in [0.15, 0.2) is 5.13 Å². The summed E-state index contributed by atoms with van der Waals surface area (Å²) in [4.78, 5) is 30.1. The van der Waals surface area contributed by atoms with E-state index in [4.69, 9.17) is 0 Å². The molecule has 1 rings (SSSR count). The highest BCUT2D eigenvalue weighted by molar-refractivity contribution is 7.13. The van der Waals surface area contributed by atoms with Crippen molar-refractivity contribution in [2.45, 2.75) is 52.9 Å². The van der Waals surface area contributed by atoms with Crippen molar-refractivity contribution in [3.05, 3.63) is 11.6 Å². The van der Waals surface area contributed by atoms with Crippen LogP contribution in [-0.2, 0) is 9.59 Å². The molecule has 0 bridgehead atoms. The third-order valence-electron chi connectivity index (χ3n) is 3.34. The van der Waals surface area contributed by atoms with Gasteiger partial charge in [0.1, 0.15) is 0 Å². The van der Waals surface area contributed by atoms with Gasteiger partial charge in [-0.3, -0.25) is 9.59 Å². The van der Waals surface area contributed by atoms with E-state index in [1.165, 1.54) is 11.3 Å². The van der Waals surface area contributed by atoms with Crippen LogP contribution in [0.4, 0.5) is 5.13 Å². The molecule has 0 aliphatic rings. The molecule has 0 atom stereocenters. The number of nitrogens with zero attached hydrogens (tertiary/aromatic N) is 2. The normalized spacial score (nSPS) is 10.7. The summed E-state index contributed by atoms with van der Waals surface area (Å²) in [5.41, 5.74) is 0. The predicted octanol–water partition coefficient (Wildman–Crippen LogP) is 3.54.